The number of nitrogens with one attached hydrogen (secondary N) is 1. The Labute approximate surface area is 183 Å². The Balaban J connectivity index is 1.31. The van der Waals surface area contributed by atoms with E-state index in [0.717, 1.165) is 47.7 Å². The molecule has 2 saturated carbocycles. The Kier molecular flexibility index (Phi) is 4.86. The fraction of sp³-hybridized carbons (Fsp3) is 0.692. The van der Waals surface area contributed by atoms with Gasteiger partial charge in [-0.15, -0.1) is 0 Å². The lowest BCUT2D eigenvalue weighted by atomic mass is 9.65. The van der Waals surface area contributed by atoms with Crippen LogP contribution in [0, 0.1) is 17.8 Å². The highest BCUT2D eigenvalue weighted by Gasteiger charge is 2.46. The summed E-state index contributed by atoms with van der Waals surface area (Å²) in [5.41, 5.74) is 0.788. The van der Waals surface area contributed by atoms with Gasteiger partial charge in [0.05, 0.1) is 11.0 Å². The minimum atomic E-state index is -0.486. The van der Waals surface area contributed by atoms with E-state index in [4.69, 9.17) is 0 Å². The van der Waals surface area contributed by atoms with Gasteiger partial charge in [-0.25, -0.2) is 0 Å². The van der Waals surface area contributed by atoms with Gasteiger partial charge >= 0.3 is 11.1 Å². The van der Waals surface area contributed by atoms with E-state index >= 15 is 0 Å². The minimum Gasteiger partial charge on any atom is -0.316 e. The van der Waals surface area contributed by atoms with Gasteiger partial charge in [0.25, 0.3) is 0 Å². The summed E-state index contributed by atoms with van der Waals surface area (Å²) >= 11 is 0. The van der Waals surface area contributed by atoms with Crippen LogP contribution in [0.5, 0.6) is 0 Å². The Morgan fingerprint density at radius 3 is 2.19 bits per heavy atom. The van der Waals surface area contributed by atoms with Crippen LogP contribution >= 0.6 is 0 Å². The van der Waals surface area contributed by atoms with Crippen molar-refractivity contribution in [3.63, 3.8) is 0 Å². The number of aromatic amines is 1. The zero-order chi connectivity index (χ0) is 21.1. The van der Waals surface area contributed by atoms with Gasteiger partial charge in [-0.2, -0.15) is 0 Å². The summed E-state index contributed by atoms with van der Waals surface area (Å²) < 4.78 is 1.84. The summed E-state index contributed by atoms with van der Waals surface area (Å²) in [4.78, 5) is 31.0. The molecule has 2 aliphatic carbocycles. The van der Waals surface area contributed by atoms with Crippen LogP contribution in [-0.4, -0.2) is 32.6 Å². The van der Waals surface area contributed by atoms with Crippen molar-refractivity contribution in [2.45, 2.75) is 95.3 Å². The predicted molar refractivity (Wildman–Crippen MR) is 123 cm³/mol. The van der Waals surface area contributed by atoms with Crippen molar-refractivity contribution < 1.29 is 0 Å². The molecule has 1 N–H and O–H groups in total. The average molecular weight is 422 g/mol. The number of hydrogen-bond acceptors (Lipinski definition) is 3. The number of para-hydroxylation sites is 2. The largest absolute Gasteiger partial charge is 0.316 e. The number of fused-ring (bicyclic) bond motifs is 5. The van der Waals surface area contributed by atoms with Crippen molar-refractivity contribution >= 4 is 11.0 Å². The van der Waals surface area contributed by atoms with Gasteiger partial charge in [0.2, 0.25) is 0 Å². The molecule has 4 bridgehead atoms. The van der Waals surface area contributed by atoms with Gasteiger partial charge in [-0.3, -0.25) is 19.1 Å². The molecule has 2 aromatic rings. The molecular formula is C26H35N3O2. The van der Waals surface area contributed by atoms with Crippen LogP contribution in [0.1, 0.15) is 77.2 Å². The van der Waals surface area contributed by atoms with Crippen LogP contribution in [0.4, 0.5) is 0 Å². The maximum absolute atomic E-state index is 13.0. The summed E-state index contributed by atoms with van der Waals surface area (Å²) in [6, 6.07) is 9.77. The lowest BCUT2D eigenvalue weighted by Crippen LogP contribution is -2.59. The second kappa shape index (κ2) is 7.61. The second-order valence-electron chi connectivity index (χ2n) is 11.1. The fourth-order valence-corrected chi connectivity index (χ4v) is 8.13. The number of aromatic nitrogens is 2. The number of H-pyrrole nitrogens is 1. The average Bonchev–Trinajstić information content (AvgIpc) is 2.73. The molecule has 0 radical (unpaired) electrons. The van der Waals surface area contributed by atoms with E-state index in [1.807, 2.05) is 28.8 Å². The molecular weight excluding hydrogens is 386 g/mol. The first-order valence-corrected chi connectivity index (χ1v) is 12.6. The standard InChI is InChI=1S/C26H35N3O2/c1-16-9-17-11-18(10-16)13-21(12-17)28-19-5-4-6-20(28)15-22(14-19)29-24-8-3-2-7-23(24)27-25(30)26(29)31/h2-3,7-8,16-22H,4-6,9-15H2,1H3,(H,27,30)/t16-,17-,18+,19-,20+,21+,22+. The highest BCUT2D eigenvalue weighted by molar-refractivity contribution is 5.74. The van der Waals surface area contributed by atoms with Crippen molar-refractivity contribution in [2.75, 3.05) is 0 Å². The van der Waals surface area contributed by atoms with E-state index in [1.165, 1.54) is 51.4 Å². The van der Waals surface area contributed by atoms with Crippen molar-refractivity contribution in [3.8, 4) is 0 Å². The summed E-state index contributed by atoms with van der Waals surface area (Å²) in [6.07, 6.45) is 12.9. The molecule has 0 spiro atoms. The molecule has 7 atom stereocenters. The van der Waals surface area contributed by atoms with Gasteiger partial charge in [-0.1, -0.05) is 25.5 Å². The molecule has 31 heavy (non-hydrogen) atoms. The highest BCUT2D eigenvalue weighted by atomic mass is 16.2. The van der Waals surface area contributed by atoms with Gasteiger partial charge < -0.3 is 4.98 Å². The van der Waals surface area contributed by atoms with Gasteiger partial charge in [0.1, 0.15) is 0 Å². The molecule has 0 unspecified atom stereocenters. The van der Waals surface area contributed by atoms with Crippen LogP contribution in [0.15, 0.2) is 33.9 Å². The lowest BCUT2D eigenvalue weighted by Gasteiger charge is -2.55. The summed E-state index contributed by atoms with van der Waals surface area (Å²) in [5.74, 6) is 2.75. The predicted octanol–water partition coefficient (Wildman–Crippen LogP) is 4.46. The minimum absolute atomic E-state index is 0.134. The normalized spacial score (nSPS) is 38.3. The van der Waals surface area contributed by atoms with Crippen molar-refractivity contribution in [1.29, 1.82) is 0 Å². The maximum atomic E-state index is 13.0. The molecule has 2 saturated heterocycles. The Hall–Kier alpha value is -1.88. The Morgan fingerprint density at radius 2 is 1.48 bits per heavy atom. The number of rotatable bonds is 2. The summed E-state index contributed by atoms with van der Waals surface area (Å²) in [7, 11) is 0. The van der Waals surface area contributed by atoms with Crippen LogP contribution in [0.3, 0.4) is 0 Å². The van der Waals surface area contributed by atoms with E-state index in [1.54, 1.807) is 0 Å². The van der Waals surface area contributed by atoms with E-state index < -0.39 is 5.56 Å². The molecule has 3 heterocycles. The molecule has 166 valence electrons. The smallest absolute Gasteiger partial charge is 0.316 e. The number of piperidine rings is 2. The molecule has 1 aromatic heterocycles. The number of hydrogen-bond donors (Lipinski definition) is 1. The topological polar surface area (TPSA) is 58.1 Å². The third-order valence-electron chi connectivity index (χ3n) is 8.97. The van der Waals surface area contributed by atoms with E-state index in [2.05, 4.69) is 16.8 Å². The maximum Gasteiger partial charge on any atom is 0.316 e. The van der Waals surface area contributed by atoms with Crippen LogP contribution < -0.4 is 11.1 Å². The first kappa shape index (κ1) is 19.8. The molecule has 1 aromatic carbocycles. The Bertz CT molecular complexity index is 1060. The molecule has 4 fully saturated rings. The third-order valence-corrected chi connectivity index (χ3v) is 8.97. The van der Waals surface area contributed by atoms with E-state index in [9.17, 15) is 9.59 Å². The molecule has 4 aliphatic rings. The van der Waals surface area contributed by atoms with Crippen LogP contribution in [0.2, 0.25) is 0 Å². The van der Waals surface area contributed by atoms with Gasteiger partial charge in [0.15, 0.2) is 0 Å². The molecule has 5 nitrogen and oxygen atoms in total. The molecule has 0 amide bonds. The van der Waals surface area contributed by atoms with Crippen LogP contribution in [0.25, 0.3) is 11.0 Å². The van der Waals surface area contributed by atoms with Crippen molar-refractivity contribution in [3.05, 3.63) is 45.0 Å². The zero-order valence-corrected chi connectivity index (χ0v) is 18.6. The fourth-order valence-electron chi connectivity index (χ4n) is 8.13. The number of benzene rings is 1. The summed E-state index contributed by atoms with van der Waals surface area (Å²) in [5, 5.41) is 0. The quantitative estimate of drug-likeness (QED) is 0.728. The van der Waals surface area contributed by atoms with Gasteiger partial charge in [-0.05, 0) is 87.7 Å². The molecule has 2 aliphatic heterocycles. The molecule has 5 heteroatoms. The Morgan fingerprint density at radius 1 is 0.806 bits per heavy atom. The lowest BCUT2D eigenvalue weighted by molar-refractivity contribution is -0.0525. The van der Waals surface area contributed by atoms with E-state index in [-0.39, 0.29) is 11.6 Å². The van der Waals surface area contributed by atoms with Gasteiger partial charge in [0, 0.05) is 24.2 Å². The molecule has 6 rings (SSSR count). The first-order chi connectivity index (χ1) is 15.1. The zero-order valence-electron chi connectivity index (χ0n) is 18.6. The first-order valence-electron chi connectivity index (χ1n) is 12.6. The van der Waals surface area contributed by atoms with Crippen molar-refractivity contribution in [2.24, 2.45) is 17.8 Å². The van der Waals surface area contributed by atoms with E-state index in [0.29, 0.717) is 12.1 Å². The van der Waals surface area contributed by atoms with Crippen LogP contribution in [-0.2, 0) is 0 Å². The summed E-state index contributed by atoms with van der Waals surface area (Å²) in [6.45, 7) is 2.45. The third kappa shape index (κ3) is 3.40. The SMILES string of the molecule is C[C@@H]1C[C@@H]2C[C@H](C1)C[C@@H](N1[C@@H]3CCC[C@H]1C[C@@H](n1c(=O)c(=O)[nH]c4ccccc41)C3)C2. The monoisotopic (exact) mass is 421 g/mol. The second-order valence-corrected chi connectivity index (χ2v) is 11.1. The highest BCUT2D eigenvalue weighted by Crippen LogP contribution is 2.48. The number of nitrogens with zero attached hydrogens (tertiary/aromatic N) is 2. The van der Waals surface area contributed by atoms with Crippen molar-refractivity contribution in [1.82, 2.24) is 14.5 Å².